The number of aryl methyl sites for hydroxylation is 2. The first-order valence-electron chi connectivity index (χ1n) is 6.79. The lowest BCUT2D eigenvalue weighted by molar-refractivity contribution is 0.0949. The quantitative estimate of drug-likeness (QED) is 0.878. The largest absolute Gasteiger partial charge is 0.351 e. The van der Waals surface area contributed by atoms with E-state index in [1.165, 1.54) is 23.3 Å². The molecule has 1 aliphatic rings. The number of piperidine rings is 1. The van der Waals surface area contributed by atoms with E-state index in [2.05, 4.69) is 24.5 Å². The first-order chi connectivity index (χ1) is 8.70. The van der Waals surface area contributed by atoms with Gasteiger partial charge in [-0.3, -0.25) is 4.79 Å². The molecule has 0 aliphatic carbocycles. The summed E-state index contributed by atoms with van der Waals surface area (Å²) in [5, 5.41) is 6.44. The van der Waals surface area contributed by atoms with Gasteiger partial charge in [-0.2, -0.15) is 0 Å². The van der Waals surface area contributed by atoms with Gasteiger partial charge in [-0.25, -0.2) is 0 Å². The van der Waals surface area contributed by atoms with Crippen LogP contribution >= 0.6 is 11.3 Å². The van der Waals surface area contributed by atoms with Crippen molar-refractivity contribution in [1.29, 1.82) is 0 Å². The van der Waals surface area contributed by atoms with Crippen LogP contribution in [0.1, 0.15) is 39.9 Å². The Morgan fingerprint density at radius 3 is 3.06 bits per heavy atom. The van der Waals surface area contributed by atoms with Crippen molar-refractivity contribution in [2.75, 3.05) is 19.6 Å². The Kier molecular flexibility index (Phi) is 4.78. The smallest absolute Gasteiger partial charge is 0.261 e. The maximum atomic E-state index is 12.0. The van der Waals surface area contributed by atoms with Crippen LogP contribution < -0.4 is 10.6 Å². The third-order valence-corrected chi connectivity index (χ3v) is 4.90. The molecular formula is C14H22N2OS. The van der Waals surface area contributed by atoms with E-state index in [0.29, 0.717) is 5.92 Å². The minimum Gasteiger partial charge on any atom is -0.351 e. The molecule has 2 heterocycles. The molecule has 4 heteroatoms. The molecule has 1 aromatic heterocycles. The van der Waals surface area contributed by atoms with Crippen LogP contribution in [0.5, 0.6) is 0 Å². The highest BCUT2D eigenvalue weighted by Crippen LogP contribution is 2.22. The summed E-state index contributed by atoms with van der Waals surface area (Å²) in [5.74, 6) is 0.683. The summed E-state index contributed by atoms with van der Waals surface area (Å²) in [4.78, 5) is 14.2. The molecule has 1 aliphatic heterocycles. The minimum atomic E-state index is 0.0911. The van der Waals surface area contributed by atoms with Crippen molar-refractivity contribution < 1.29 is 4.79 Å². The Morgan fingerprint density at radius 2 is 2.44 bits per heavy atom. The molecule has 1 aromatic rings. The second-order valence-corrected chi connectivity index (χ2v) is 6.13. The number of nitrogens with one attached hydrogen (secondary N) is 2. The van der Waals surface area contributed by atoms with Crippen LogP contribution in [0.3, 0.4) is 0 Å². The standard InChI is InChI=1S/C14H22N2OS/c1-3-12-10(2)7-13(18-12)14(17)16-9-11-5-4-6-15-8-11/h7,11,15H,3-6,8-9H2,1-2H3,(H,16,17). The van der Waals surface area contributed by atoms with Gasteiger partial charge in [-0.1, -0.05) is 6.92 Å². The van der Waals surface area contributed by atoms with Crippen LogP contribution in [0.15, 0.2) is 6.07 Å². The number of carbonyl (C=O) groups excluding carboxylic acids is 1. The van der Waals surface area contributed by atoms with E-state index < -0.39 is 0 Å². The SMILES string of the molecule is CCc1sc(C(=O)NCC2CCCNC2)cc1C. The van der Waals surface area contributed by atoms with E-state index in [0.717, 1.165) is 30.9 Å². The molecule has 2 N–H and O–H groups in total. The van der Waals surface area contributed by atoms with Crippen LogP contribution in [-0.2, 0) is 6.42 Å². The lowest BCUT2D eigenvalue weighted by atomic mass is 10.00. The Morgan fingerprint density at radius 1 is 1.61 bits per heavy atom. The molecule has 1 saturated heterocycles. The van der Waals surface area contributed by atoms with Crippen molar-refractivity contribution in [3.63, 3.8) is 0 Å². The van der Waals surface area contributed by atoms with Crippen molar-refractivity contribution in [1.82, 2.24) is 10.6 Å². The molecule has 1 amide bonds. The van der Waals surface area contributed by atoms with Gasteiger partial charge >= 0.3 is 0 Å². The third-order valence-electron chi connectivity index (χ3n) is 3.52. The van der Waals surface area contributed by atoms with Crippen LogP contribution in [0.25, 0.3) is 0 Å². The zero-order chi connectivity index (χ0) is 13.0. The number of rotatable bonds is 4. The van der Waals surface area contributed by atoms with Crippen LogP contribution in [-0.4, -0.2) is 25.5 Å². The Bertz CT molecular complexity index is 408. The number of carbonyl (C=O) groups is 1. The molecule has 1 fully saturated rings. The second kappa shape index (κ2) is 6.34. The molecule has 0 aromatic carbocycles. The Balaban J connectivity index is 1.86. The zero-order valence-electron chi connectivity index (χ0n) is 11.2. The fourth-order valence-corrected chi connectivity index (χ4v) is 3.44. The molecule has 0 bridgehead atoms. The van der Waals surface area contributed by atoms with Gasteiger partial charge in [0, 0.05) is 11.4 Å². The maximum absolute atomic E-state index is 12.0. The van der Waals surface area contributed by atoms with Gasteiger partial charge in [-0.05, 0) is 56.8 Å². The molecule has 0 saturated carbocycles. The third kappa shape index (κ3) is 3.33. The molecule has 1 unspecified atom stereocenters. The summed E-state index contributed by atoms with van der Waals surface area (Å²) >= 11 is 1.63. The van der Waals surface area contributed by atoms with Crippen molar-refractivity contribution in [2.45, 2.75) is 33.1 Å². The van der Waals surface area contributed by atoms with Gasteiger partial charge in [0.25, 0.3) is 5.91 Å². The van der Waals surface area contributed by atoms with E-state index in [9.17, 15) is 4.79 Å². The summed E-state index contributed by atoms with van der Waals surface area (Å²) in [5.41, 5.74) is 1.24. The summed E-state index contributed by atoms with van der Waals surface area (Å²) < 4.78 is 0. The van der Waals surface area contributed by atoms with Gasteiger partial charge in [0.05, 0.1) is 4.88 Å². The second-order valence-electron chi connectivity index (χ2n) is 4.99. The average molecular weight is 266 g/mol. The number of amides is 1. The minimum absolute atomic E-state index is 0.0911. The topological polar surface area (TPSA) is 41.1 Å². The van der Waals surface area contributed by atoms with Crippen LogP contribution in [0.4, 0.5) is 0 Å². The summed E-state index contributed by atoms with van der Waals surface area (Å²) in [7, 11) is 0. The highest BCUT2D eigenvalue weighted by molar-refractivity contribution is 7.14. The molecule has 0 radical (unpaired) electrons. The van der Waals surface area contributed by atoms with Crippen molar-refractivity contribution >= 4 is 17.2 Å². The predicted molar refractivity (Wildman–Crippen MR) is 76.4 cm³/mol. The molecule has 1 atom stereocenters. The molecule has 2 rings (SSSR count). The molecule has 18 heavy (non-hydrogen) atoms. The monoisotopic (exact) mass is 266 g/mol. The van der Waals surface area contributed by atoms with Crippen molar-refractivity contribution in [2.24, 2.45) is 5.92 Å². The predicted octanol–water partition coefficient (Wildman–Crippen LogP) is 2.35. The molecular weight excluding hydrogens is 244 g/mol. The van der Waals surface area contributed by atoms with Crippen LogP contribution in [0, 0.1) is 12.8 Å². The normalized spacial score (nSPS) is 19.8. The summed E-state index contributed by atoms with van der Waals surface area (Å²) in [6, 6.07) is 2.01. The van der Waals surface area contributed by atoms with Crippen molar-refractivity contribution in [3.05, 3.63) is 21.4 Å². The van der Waals surface area contributed by atoms with Gasteiger partial charge in [0.15, 0.2) is 0 Å². The average Bonchev–Trinajstić information content (AvgIpc) is 2.78. The lowest BCUT2D eigenvalue weighted by Crippen LogP contribution is -2.37. The first kappa shape index (κ1) is 13.6. The highest BCUT2D eigenvalue weighted by Gasteiger charge is 2.16. The Labute approximate surface area is 113 Å². The molecule has 100 valence electrons. The zero-order valence-corrected chi connectivity index (χ0v) is 12.0. The fourth-order valence-electron chi connectivity index (χ4n) is 2.41. The number of thiophene rings is 1. The molecule has 3 nitrogen and oxygen atoms in total. The van der Waals surface area contributed by atoms with Gasteiger partial charge < -0.3 is 10.6 Å². The highest BCUT2D eigenvalue weighted by atomic mass is 32.1. The first-order valence-corrected chi connectivity index (χ1v) is 7.60. The van der Waals surface area contributed by atoms with Gasteiger partial charge in [0.2, 0.25) is 0 Å². The van der Waals surface area contributed by atoms with Crippen LogP contribution in [0.2, 0.25) is 0 Å². The molecule has 0 spiro atoms. The maximum Gasteiger partial charge on any atom is 0.261 e. The lowest BCUT2D eigenvalue weighted by Gasteiger charge is -2.22. The number of hydrogen-bond donors (Lipinski definition) is 2. The van der Waals surface area contributed by atoms with E-state index in [-0.39, 0.29) is 5.91 Å². The van der Waals surface area contributed by atoms with Crippen molar-refractivity contribution in [3.8, 4) is 0 Å². The van der Waals surface area contributed by atoms with Gasteiger partial charge in [-0.15, -0.1) is 11.3 Å². The summed E-state index contributed by atoms with van der Waals surface area (Å²) in [6.45, 7) is 7.16. The number of hydrogen-bond acceptors (Lipinski definition) is 3. The van der Waals surface area contributed by atoms with E-state index in [1.807, 2.05) is 6.07 Å². The summed E-state index contributed by atoms with van der Waals surface area (Å²) in [6.07, 6.45) is 3.45. The van der Waals surface area contributed by atoms with E-state index in [1.54, 1.807) is 11.3 Å². The van der Waals surface area contributed by atoms with E-state index in [4.69, 9.17) is 0 Å². The van der Waals surface area contributed by atoms with E-state index >= 15 is 0 Å². The Hall–Kier alpha value is -0.870. The van der Waals surface area contributed by atoms with Gasteiger partial charge in [0.1, 0.15) is 0 Å². The fraction of sp³-hybridized carbons (Fsp3) is 0.643.